The molecule has 3 rings (SSSR count). The first-order chi connectivity index (χ1) is 11.4. The molecule has 0 bridgehead atoms. The second-order valence-electron chi connectivity index (χ2n) is 6.48. The minimum atomic E-state index is -4.35. The largest absolute Gasteiger partial charge is 0.433 e. The average molecular weight is 345 g/mol. The van der Waals surface area contributed by atoms with Crippen molar-refractivity contribution < 1.29 is 18.3 Å². The number of hydrogen-bond donors (Lipinski definition) is 1. The zero-order valence-electron chi connectivity index (χ0n) is 14.1. The molecule has 1 aromatic rings. The predicted octanol–water partition coefficient (Wildman–Crippen LogP) is 3.16. The SMILES string of the molecule is CN1CCC(O)CC1.FC(F)(F)c1ccc(N2CCCCC2)cn1. The highest BCUT2D eigenvalue weighted by Crippen LogP contribution is 2.29. The Bertz CT molecular complexity index is 469. The lowest BCUT2D eigenvalue weighted by Gasteiger charge is -2.28. The van der Waals surface area contributed by atoms with E-state index in [4.69, 9.17) is 5.11 Å². The van der Waals surface area contributed by atoms with Crippen LogP contribution in [0.1, 0.15) is 37.8 Å². The minimum Gasteiger partial charge on any atom is -0.393 e. The summed E-state index contributed by atoms with van der Waals surface area (Å²) in [5.41, 5.74) is -0.0408. The molecule has 0 unspecified atom stereocenters. The van der Waals surface area contributed by atoms with Gasteiger partial charge in [-0.2, -0.15) is 13.2 Å². The third-order valence-electron chi connectivity index (χ3n) is 4.45. The van der Waals surface area contributed by atoms with Crippen molar-refractivity contribution in [2.45, 2.75) is 44.4 Å². The number of halogens is 3. The highest BCUT2D eigenvalue weighted by Gasteiger charge is 2.32. The number of aliphatic hydroxyl groups is 1. The van der Waals surface area contributed by atoms with Crippen LogP contribution in [-0.4, -0.2) is 54.3 Å². The van der Waals surface area contributed by atoms with Crippen LogP contribution in [0.25, 0.3) is 0 Å². The Balaban J connectivity index is 0.000000219. The summed E-state index contributed by atoms with van der Waals surface area (Å²) >= 11 is 0. The van der Waals surface area contributed by atoms with E-state index in [2.05, 4.69) is 21.8 Å². The first kappa shape index (κ1) is 19.0. The Morgan fingerprint density at radius 3 is 2.12 bits per heavy atom. The lowest BCUT2D eigenvalue weighted by molar-refractivity contribution is -0.141. The first-order valence-corrected chi connectivity index (χ1v) is 8.51. The number of piperidine rings is 2. The number of alkyl halides is 3. The quantitative estimate of drug-likeness (QED) is 0.849. The molecule has 136 valence electrons. The van der Waals surface area contributed by atoms with E-state index in [1.807, 2.05) is 0 Å². The highest BCUT2D eigenvalue weighted by atomic mass is 19.4. The van der Waals surface area contributed by atoms with Gasteiger partial charge in [0, 0.05) is 26.2 Å². The molecule has 24 heavy (non-hydrogen) atoms. The number of rotatable bonds is 1. The molecule has 7 heteroatoms. The zero-order valence-corrected chi connectivity index (χ0v) is 14.1. The van der Waals surface area contributed by atoms with E-state index in [1.165, 1.54) is 18.7 Å². The molecule has 0 spiro atoms. The van der Waals surface area contributed by atoms with Gasteiger partial charge in [-0.05, 0) is 51.3 Å². The lowest BCUT2D eigenvalue weighted by Crippen LogP contribution is -2.32. The van der Waals surface area contributed by atoms with Crippen LogP contribution in [0.2, 0.25) is 0 Å². The van der Waals surface area contributed by atoms with E-state index in [0.717, 1.165) is 63.6 Å². The maximum Gasteiger partial charge on any atom is 0.433 e. The van der Waals surface area contributed by atoms with Crippen molar-refractivity contribution in [2.75, 3.05) is 38.1 Å². The van der Waals surface area contributed by atoms with Gasteiger partial charge in [0.2, 0.25) is 0 Å². The normalized spacial score (nSPS) is 20.5. The van der Waals surface area contributed by atoms with Crippen LogP contribution < -0.4 is 4.90 Å². The fourth-order valence-corrected chi connectivity index (χ4v) is 2.89. The first-order valence-electron chi connectivity index (χ1n) is 8.51. The molecule has 2 fully saturated rings. The number of nitrogens with zero attached hydrogens (tertiary/aromatic N) is 3. The van der Waals surface area contributed by atoms with Gasteiger partial charge in [-0.25, -0.2) is 4.98 Å². The molecule has 2 aliphatic heterocycles. The molecule has 0 radical (unpaired) electrons. The van der Waals surface area contributed by atoms with Gasteiger partial charge in [-0.3, -0.25) is 0 Å². The molecule has 4 nitrogen and oxygen atoms in total. The Labute approximate surface area is 141 Å². The Morgan fingerprint density at radius 2 is 1.67 bits per heavy atom. The summed E-state index contributed by atoms with van der Waals surface area (Å²) in [6.07, 6.45) is 2.25. The summed E-state index contributed by atoms with van der Waals surface area (Å²) in [4.78, 5) is 7.78. The molecule has 0 saturated carbocycles. The van der Waals surface area contributed by atoms with Crippen LogP contribution in [0.5, 0.6) is 0 Å². The molecular formula is C17H26F3N3O. The van der Waals surface area contributed by atoms with Crippen molar-refractivity contribution in [1.29, 1.82) is 0 Å². The fraction of sp³-hybridized carbons (Fsp3) is 0.706. The van der Waals surface area contributed by atoms with E-state index in [-0.39, 0.29) is 6.10 Å². The van der Waals surface area contributed by atoms with E-state index in [1.54, 1.807) is 0 Å². The molecule has 1 N–H and O–H groups in total. The van der Waals surface area contributed by atoms with Crippen LogP contribution in [0.3, 0.4) is 0 Å². The Morgan fingerprint density at radius 1 is 1.04 bits per heavy atom. The van der Waals surface area contributed by atoms with Crippen molar-refractivity contribution >= 4 is 5.69 Å². The Kier molecular flexibility index (Phi) is 6.86. The summed E-state index contributed by atoms with van der Waals surface area (Å²) < 4.78 is 36.9. The lowest BCUT2D eigenvalue weighted by atomic mass is 10.1. The summed E-state index contributed by atoms with van der Waals surface area (Å²) in [5.74, 6) is 0. The van der Waals surface area contributed by atoms with E-state index >= 15 is 0 Å². The highest BCUT2D eigenvalue weighted by molar-refractivity contribution is 5.45. The van der Waals surface area contributed by atoms with E-state index in [9.17, 15) is 13.2 Å². The van der Waals surface area contributed by atoms with Crippen molar-refractivity contribution in [2.24, 2.45) is 0 Å². The number of likely N-dealkylation sites (tertiary alicyclic amines) is 1. The molecule has 0 atom stereocenters. The average Bonchev–Trinajstić information content (AvgIpc) is 2.58. The number of hydrogen-bond acceptors (Lipinski definition) is 4. The number of pyridine rings is 1. The van der Waals surface area contributed by atoms with Crippen LogP contribution in [0.15, 0.2) is 18.3 Å². The maximum atomic E-state index is 12.3. The molecule has 0 aliphatic carbocycles. The molecule has 1 aromatic heterocycles. The van der Waals surface area contributed by atoms with Crippen LogP contribution >= 0.6 is 0 Å². The van der Waals surface area contributed by atoms with Gasteiger partial charge in [0.25, 0.3) is 0 Å². The monoisotopic (exact) mass is 345 g/mol. The third-order valence-corrected chi connectivity index (χ3v) is 4.45. The van der Waals surface area contributed by atoms with Gasteiger partial charge in [0.1, 0.15) is 5.69 Å². The summed E-state index contributed by atoms with van der Waals surface area (Å²) in [6.45, 7) is 3.93. The van der Waals surface area contributed by atoms with Crippen molar-refractivity contribution in [3.05, 3.63) is 24.0 Å². The van der Waals surface area contributed by atoms with Gasteiger partial charge < -0.3 is 14.9 Å². The molecule has 2 aliphatic rings. The Hall–Kier alpha value is -1.34. The van der Waals surface area contributed by atoms with Gasteiger partial charge in [0.05, 0.1) is 18.0 Å². The van der Waals surface area contributed by atoms with Gasteiger partial charge in [-0.1, -0.05) is 0 Å². The zero-order chi connectivity index (χ0) is 17.6. The molecule has 2 saturated heterocycles. The van der Waals surface area contributed by atoms with Gasteiger partial charge in [-0.15, -0.1) is 0 Å². The third kappa shape index (κ3) is 5.94. The molecular weight excluding hydrogens is 319 g/mol. The van der Waals surface area contributed by atoms with Crippen LogP contribution in [-0.2, 0) is 6.18 Å². The van der Waals surface area contributed by atoms with Gasteiger partial charge >= 0.3 is 6.18 Å². The molecule has 0 amide bonds. The van der Waals surface area contributed by atoms with Crippen LogP contribution in [0.4, 0.5) is 18.9 Å². The van der Waals surface area contributed by atoms with Crippen molar-refractivity contribution in [3.63, 3.8) is 0 Å². The molecule has 0 aromatic carbocycles. The number of aliphatic hydroxyl groups excluding tert-OH is 1. The number of aromatic nitrogens is 1. The van der Waals surface area contributed by atoms with Crippen molar-refractivity contribution in [3.8, 4) is 0 Å². The standard InChI is InChI=1S/C11H13F3N2.C6H13NO/c12-11(13,14)10-5-4-9(8-15-10)16-6-2-1-3-7-16;1-7-4-2-6(8)3-5-7/h4-5,8H,1-3,6-7H2;6,8H,2-5H2,1H3. The smallest absolute Gasteiger partial charge is 0.393 e. The predicted molar refractivity (Wildman–Crippen MR) is 88.0 cm³/mol. The topological polar surface area (TPSA) is 39.6 Å². The van der Waals surface area contributed by atoms with Crippen LogP contribution in [0, 0.1) is 0 Å². The molecule has 3 heterocycles. The van der Waals surface area contributed by atoms with E-state index in [0.29, 0.717) is 0 Å². The summed E-state index contributed by atoms with van der Waals surface area (Å²) in [5, 5.41) is 9.00. The minimum absolute atomic E-state index is 0.0220. The number of anilines is 1. The summed E-state index contributed by atoms with van der Waals surface area (Å²) in [7, 11) is 2.09. The second kappa shape index (κ2) is 8.67. The van der Waals surface area contributed by atoms with Gasteiger partial charge in [0.15, 0.2) is 0 Å². The maximum absolute atomic E-state index is 12.3. The fourth-order valence-electron chi connectivity index (χ4n) is 2.89. The summed E-state index contributed by atoms with van der Waals surface area (Å²) in [6, 6.07) is 2.55. The second-order valence-corrected chi connectivity index (χ2v) is 6.48. The van der Waals surface area contributed by atoms with Crippen molar-refractivity contribution in [1.82, 2.24) is 9.88 Å². The van der Waals surface area contributed by atoms with E-state index < -0.39 is 11.9 Å².